The van der Waals surface area contributed by atoms with E-state index in [2.05, 4.69) is 25.3 Å². The van der Waals surface area contributed by atoms with Gasteiger partial charge in [0.2, 0.25) is 21.5 Å². The van der Waals surface area contributed by atoms with E-state index in [1.54, 1.807) is 0 Å². The lowest BCUT2D eigenvalue weighted by molar-refractivity contribution is -0.385. The fourth-order valence-electron chi connectivity index (χ4n) is 1.13. The van der Waals surface area contributed by atoms with Crippen LogP contribution in [-0.2, 0) is 0 Å². The van der Waals surface area contributed by atoms with Crippen molar-refractivity contribution in [1.82, 2.24) is 19.9 Å². The summed E-state index contributed by atoms with van der Waals surface area (Å²) in [6.45, 7) is 0. The van der Waals surface area contributed by atoms with Gasteiger partial charge in [-0.2, -0.15) is 9.97 Å². The second-order valence-electron chi connectivity index (χ2n) is 3.45. The maximum Gasteiger partial charge on any atom is 0.329 e. The van der Waals surface area contributed by atoms with Crippen molar-refractivity contribution in [3.63, 3.8) is 0 Å². The molecule has 0 saturated heterocycles. The molecule has 2 aromatic heterocycles. The van der Waals surface area contributed by atoms with Gasteiger partial charge in [0.15, 0.2) is 0 Å². The zero-order valence-corrected chi connectivity index (χ0v) is 13.4. The summed E-state index contributed by atoms with van der Waals surface area (Å²) in [7, 11) is 1.52. The molecule has 0 fully saturated rings. The Morgan fingerprint density at radius 3 is 1.83 bits per heavy atom. The molecule has 2 heterocycles. The molecule has 0 aliphatic carbocycles. The highest BCUT2D eigenvalue weighted by molar-refractivity contribution is 6.33. The molecule has 0 unspecified atom stereocenters. The van der Waals surface area contributed by atoms with Gasteiger partial charge < -0.3 is 5.32 Å². The zero-order chi connectivity index (χ0) is 17.6. The predicted molar refractivity (Wildman–Crippen MR) is 88.7 cm³/mol. The Bertz CT molecular complexity index is 746. The van der Waals surface area contributed by atoms with E-state index >= 15 is 0 Å². The van der Waals surface area contributed by atoms with Crippen LogP contribution >= 0.6 is 34.8 Å². The van der Waals surface area contributed by atoms with Crippen LogP contribution in [0.1, 0.15) is 7.43 Å². The smallest absolute Gasteiger partial charge is 0.329 e. The molecule has 0 aliphatic rings. The number of halogens is 3. The van der Waals surface area contributed by atoms with Gasteiger partial charge in [0, 0.05) is 7.05 Å². The van der Waals surface area contributed by atoms with Crippen molar-refractivity contribution >= 4 is 52.0 Å². The molecule has 14 heteroatoms. The van der Waals surface area contributed by atoms with E-state index in [4.69, 9.17) is 34.8 Å². The molecule has 2 rings (SSSR count). The molecular weight excluding hydrogens is 389 g/mol. The molecule has 0 saturated carbocycles. The summed E-state index contributed by atoms with van der Waals surface area (Å²) in [6.07, 6.45) is 2.01. The maximum absolute atomic E-state index is 10.3. The highest BCUT2D eigenvalue weighted by atomic mass is 35.5. The first-order chi connectivity index (χ1) is 10.8. The normalized spacial score (nSPS) is 9.17. The summed E-state index contributed by atoms with van der Waals surface area (Å²) in [5.74, 6) is 0.111. The summed E-state index contributed by atoms with van der Waals surface area (Å²) in [6, 6.07) is 0. The Morgan fingerprint density at radius 2 is 1.42 bits per heavy atom. The molecule has 0 radical (unpaired) electrons. The van der Waals surface area contributed by atoms with Crippen LogP contribution in [0.3, 0.4) is 0 Å². The molecule has 1 N–H and O–H groups in total. The molecule has 24 heavy (non-hydrogen) atoms. The highest BCUT2D eigenvalue weighted by Gasteiger charge is 2.15. The van der Waals surface area contributed by atoms with Gasteiger partial charge in [-0.3, -0.25) is 20.2 Å². The van der Waals surface area contributed by atoms with Crippen LogP contribution in [0.25, 0.3) is 0 Å². The lowest BCUT2D eigenvalue weighted by Crippen LogP contribution is -2.00. The third-order valence-electron chi connectivity index (χ3n) is 2.07. The van der Waals surface area contributed by atoms with E-state index < -0.39 is 9.85 Å². The second-order valence-corrected chi connectivity index (χ2v) is 4.49. The Kier molecular flexibility index (Phi) is 8.74. The van der Waals surface area contributed by atoms with E-state index in [0.29, 0.717) is 0 Å². The minimum atomic E-state index is -0.682. The molecule has 0 spiro atoms. The van der Waals surface area contributed by atoms with Crippen molar-refractivity contribution in [2.75, 3.05) is 12.4 Å². The van der Waals surface area contributed by atoms with E-state index in [-0.39, 0.29) is 40.3 Å². The van der Waals surface area contributed by atoms with Crippen molar-refractivity contribution in [2.24, 2.45) is 0 Å². The Balaban J connectivity index is 0.000000425. The third-order valence-corrected chi connectivity index (χ3v) is 2.71. The predicted octanol–water partition coefficient (Wildman–Crippen LogP) is 3.41. The average Bonchev–Trinajstić information content (AvgIpc) is 2.46. The Labute approximate surface area is 150 Å². The van der Waals surface area contributed by atoms with E-state index in [0.717, 1.165) is 12.4 Å². The Hall–Kier alpha value is -2.37. The number of aromatic nitrogens is 4. The molecule has 11 nitrogen and oxygen atoms in total. The van der Waals surface area contributed by atoms with E-state index in [9.17, 15) is 20.2 Å². The lowest BCUT2D eigenvalue weighted by atomic mass is 10.5. The largest absolute Gasteiger partial charge is 0.367 e. The lowest BCUT2D eigenvalue weighted by Gasteiger charge is -1.98. The molecule has 2 aromatic rings. The van der Waals surface area contributed by atoms with Gasteiger partial charge in [0.05, 0.1) is 9.85 Å². The summed E-state index contributed by atoms with van der Waals surface area (Å²) in [5.41, 5.74) is -0.544. The van der Waals surface area contributed by atoms with Crippen LogP contribution in [0.2, 0.25) is 15.7 Å². The van der Waals surface area contributed by atoms with Crippen LogP contribution in [0.5, 0.6) is 0 Å². The fraction of sp³-hybridized carbons (Fsp3) is 0.200. The topological polar surface area (TPSA) is 150 Å². The van der Waals surface area contributed by atoms with Gasteiger partial charge in [-0.1, -0.05) is 19.0 Å². The molecule has 0 aliphatic heterocycles. The fourth-order valence-corrected chi connectivity index (χ4v) is 1.64. The van der Waals surface area contributed by atoms with Gasteiger partial charge in [-0.25, -0.2) is 9.97 Å². The third kappa shape index (κ3) is 6.02. The van der Waals surface area contributed by atoms with E-state index in [1.807, 2.05) is 0 Å². The van der Waals surface area contributed by atoms with Crippen LogP contribution in [0.15, 0.2) is 12.4 Å². The minimum Gasteiger partial charge on any atom is -0.367 e. The summed E-state index contributed by atoms with van der Waals surface area (Å²) in [4.78, 5) is 33.1. The number of nitro groups is 2. The monoisotopic (exact) mass is 397 g/mol. The van der Waals surface area contributed by atoms with Crippen molar-refractivity contribution < 1.29 is 9.85 Å². The molecule has 0 amide bonds. The van der Waals surface area contributed by atoms with Crippen molar-refractivity contribution in [2.45, 2.75) is 7.43 Å². The molecule has 130 valence electrons. The van der Waals surface area contributed by atoms with Crippen LogP contribution in [0, 0.1) is 20.2 Å². The molecule has 0 bridgehead atoms. The number of hydrogen-bond donors (Lipinski definition) is 1. The zero-order valence-electron chi connectivity index (χ0n) is 11.1. The van der Waals surface area contributed by atoms with Gasteiger partial charge in [-0.05, 0) is 23.2 Å². The van der Waals surface area contributed by atoms with Crippen molar-refractivity contribution in [1.29, 1.82) is 0 Å². The van der Waals surface area contributed by atoms with Gasteiger partial charge >= 0.3 is 11.4 Å². The second kappa shape index (κ2) is 9.70. The van der Waals surface area contributed by atoms with Crippen LogP contribution < -0.4 is 5.32 Å². The van der Waals surface area contributed by atoms with Gasteiger partial charge in [0.1, 0.15) is 12.4 Å². The number of nitrogens with one attached hydrogen (secondary N) is 1. The van der Waals surface area contributed by atoms with Crippen LogP contribution in [-0.4, -0.2) is 36.8 Å². The molecular formula is C10H10Cl3N7O4. The first-order valence-corrected chi connectivity index (χ1v) is 6.56. The number of anilines is 1. The maximum atomic E-state index is 10.3. The van der Waals surface area contributed by atoms with Gasteiger partial charge in [-0.15, -0.1) is 0 Å². The number of nitrogens with zero attached hydrogens (tertiary/aromatic N) is 6. The summed E-state index contributed by atoms with van der Waals surface area (Å²) < 4.78 is 0. The number of hydrogen-bond acceptors (Lipinski definition) is 9. The SMILES string of the molecule is C.CNc1nc(Cl)ncc1[N+](=O)[O-].O=[N+]([O-])c1cnc(Cl)nc1Cl. The van der Waals surface area contributed by atoms with Gasteiger partial charge in [0.25, 0.3) is 0 Å². The first kappa shape index (κ1) is 21.6. The van der Waals surface area contributed by atoms with Crippen molar-refractivity contribution in [3.05, 3.63) is 48.3 Å². The minimum absolute atomic E-state index is 0. The standard InChI is InChI=1S/C5H5ClN4O2.C4HCl2N3O2.CH4/c1-7-4-3(10(11)12)2-8-5(6)9-4;5-3-2(9(10)11)1-7-4(6)8-3;/h2H,1H3,(H,7,8,9);1H;1H4. The van der Waals surface area contributed by atoms with Crippen molar-refractivity contribution in [3.8, 4) is 0 Å². The average molecular weight is 399 g/mol. The highest BCUT2D eigenvalue weighted by Crippen LogP contribution is 2.21. The Morgan fingerprint density at radius 1 is 0.958 bits per heavy atom. The molecule has 0 aromatic carbocycles. The number of rotatable bonds is 3. The van der Waals surface area contributed by atoms with Crippen LogP contribution in [0.4, 0.5) is 17.2 Å². The molecule has 0 atom stereocenters. The van der Waals surface area contributed by atoms with E-state index in [1.165, 1.54) is 7.05 Å². The quantitative estimate of drug-likeness (QED) is 0.355. The summed E-state index contributed by atoms with van der Waals surface area (Å²) >= 11 is 16.1. The summed E-state index contributed by atoms with van der Waals surface area (Å²) in [5, 5.41) is 22.6. The first-order valence-electron chi connectivity index (χ1n) is 5.43.